The molecule has 1 unspecified atom stereocenters. The van der Waals surface area contributed by atoms with Crippen molar-refractivity contribution < 1.29 is 29.0 Å². The van der Waals surface area contributed by atoms with Gasteiger partial charge in [-0.1, -0.05) is 30.3 Å². The van der Waals surface area contributed by atoms with E-state index in [0.717, 1.165) is 47.9 Å². The molecule has 0 aliphatic heterocycles. The van der Waals surface area contributed by atoms with E-state index in [-0.39, 0.29) is 37.1 Å². The van der Waals surface area contributed by atoms with Gasteiger partial charge in [0.25, 0.3) is 5.91 Å². The Morgan fingerprint density at radius 3 is 2.34 bits per heavy atom. The molecule has 220 valence electrons. The molecule has 2 aromatic carbocycles. The number of aryl methyl sites for hydroxylation is 1. The summed E-state index contributed by atoms with van der Waals surface area (Å²) in [5.41, 5.74) is 3.52. The van der Waals surface area contributed by atoms with Crippen molar-refractivity contribution in [1.82, 2.24) is 10.6 Å². The van der Waals surface area contributed by atoms with Crippen LogP contribution in [-0.2, 0) is 20.9 Å². The SMILES string of the molecule is CSCCC(NC(=O)c1ccc(COC2CCC(NC(=O)OC(C)(C)C)CC2)cc1-c1ccccc1C)C(=O)O.[LiH]. The summed E-state index contributed by atoms with van der Waals surface area (Å²) in [6.07, 6.45) is 5.25. The molecule has 1 aliphatic carbocycles. The van der Waals surface area contributed by atoms with Crippen molar-refractivity contribution in [1.29, 1.82) is 0 Å². The number of carboxylic acids is 1. The van der Waals surface area contributed by atoms with Gasteiger partial charge in [0.2, 0.25) is 0 Å². The summed E-state index contributed by atoms with van der Waals surface area (Å²) >= 11 is 1.54. The number of carbonyl (C=O) groups is 3. The van der Waals surface area contributed by atoms with Gasteiger partial charge in [0.15, 0.2) is 0 Å². The molecular weight excluding hydrogens is 535 g/mol. The van der Waals surface area contributed by atoms with Crippen molar-refractivity contribution in [3.8, 4) is 11.1 Å². The Kier molecular flexibility index (Phi) is 13.8. The average Bonchev–Trinajstić information content (AvgIpc) is 2.89. The van der Waals surface area contributed by atoms with Crippen LogP contribution in [0.3, 0.4) is 0 Å². The predicted molar refractivity (Wildman–Crippen MR) is 166 cm³/mol. The quantitative estimate of drug-likeness (QED) is 0.310. The Morgan fingerprint density at radius 2 is 1.73 bits per heavy atom. The van der Waals surface area contributed by atoms with Crippen molar-refractivity contribution in [3.05, 3.63) is 59.2 Å². The Morgan fingerprint density at radius 1 is 1.05 bits per heavy atom. The number of benzene rings is 2. The van der Waals surface area contributed by atoms with Gasteiger partial charge in [0, 0.05) is 11.6 Å². The van der Waals surface area contributed by atoms with Gasteiger partial charge in [-0.25, -0.2) is 9.59 Å². The van der Waals surface area contributed by atoms with E-state index in [2.05, 4.69) is 10.6 Å². The molecule has 1 saturated carbocycles. The minimum absolute atomic E-state index is 0. The molecule has 0 radical (unpaired) electrons. The number of alkyl carbamates (subject to hydrolysis) is 1. The number of hydrogen-bond acceptors (Lipinski definition) is 6. The van der Waals surface area contributed by atoms with E-state index >= 15 is 0 Å². The van der Waals surface area contributed by atoms with Crippen LogP contribution in [0.1, 0.15) is 74.4 Å². The molecule has 2 aromatic rings. The number of hydrogen-bond donors (Lipinski definition) is 3. The number of nitrogens with one attached hydrogen (secondary N) is 2. The van der Waals surface area contributed by atoms with Gasteiger partial charge in [-0.2, -0.15) is 11.8 Å². The second-order valence-corrected chi connectivity index (χ2v) is 12.3. The first-order chi connectivity index (χ1) is 19.0. The molecular formula is C31H43LiN2O6S. The first-order valence-electron chi connectivity index (χ1n) is 13.8. The van der Waals surface area contributed by atoms with Gasteiger partial charge >= 0.3 is 30.9 Å². The normalized spacial score (nSPS) is 17.6. The predicted octanol–water partition coefficient (Wildman–Crippen LogP) is 5.30. The molecule has 8 nitrogen and oxygen atoms in total. The van der Waals surface area contributed by atoms with E-state index < -0.39 is 23.5 Å². The summed E-state index contributed by atoms with van der Waals surface area (Å²) in [6, 6.07) is 12.5. The van der Waals surface area contributed by atoms with E-state index in [0.29, 0.717) is 24.3 Å². The Bertz CT molecular complexity index is 1180. The fraction of sp³-hybridized carbons (Fsp3) is 0.516. The first-order valence-corrected chi connectivity index (χ1v) is 15.2. The summed E-state index contributed by atoms with van der Waals surface area (Å²) in [4.78, 5) is 37.1. The second kappa shape index (κ2) is 16.3. The molecule has 0 bridgehead atoms. The van der Waals surface area contributed by atoms with Gasteiger partial charge in [-0.05, 0) is 106 Å². The number of amides is 2. The Balaban J connectivity index is 0.00000588. The van der Waals surface area contributed by atoms with Crippen LogP contribution in [0.15, 0.2) is 42.5 Å². The molecule has 3 N–H and O–H groups in total. The average molecular weight is 579 g/mol. The zero-order chi connectivity index (χ0) is 29.3. The summed E-state index contributed by atoms with van der Waals surface area (Å²) in [5.74, 6) is -0.812. The van der Waals surface area contributed by atoms with Gasteiger partial charge in [-0.3, -0.25) is 4.79 Å². The van der Waals surface area contributed by atoms with E-state index in [9.17, 15) is 19.5 Å². The molecule has 0 spiro atoms. The molecule has 41 heavy (non-hydrogen) atoms. The Hall–Kier alpha value is -2.44. The van der Waals surface area contributed by atoms with E-state index in [4.69, 9.17) is 9.47 Å². The molecule has 1 fully saturated rings. The number of carboxylic acid groups (broad SMARTS) is 1. The number of rotatable bonds is 11. The molecule has 0 saturated heterocycles. The van der Waals surface area contributed by atoms with Gasteiger partial charge in [0.05, 0.1) is 12.7 Å². The van der Waals surface area contributed by atoms with Crippen molar-refractivity contribution in [2.45, 2.75) is 90.2 Å². The first kappa shape index (κ1) is 34.8. The van der Waals surface area contributed by atoms with Gasteiger partial charge < -0.3 is 25.2 Å². The van der Waals surface area contributed by atoms with Crippen LogP contribution in [0.4, 0.5) is 4.79 Å². The number of carbonyl (C=O) groups excluding carboxylic acids is 2. The number of aliphatic carboxylic acids is 1. The van der Waals surface area contributed by atoms with Gasteiger partial charge in [0.1, 0.15) is 11.6 Å². The van der Waals surface area contributed by atoms with Gasteiger partial charge in [-0.15, -0.1) is 0 Å². The molecule has 1 atom stereocenters. The van der Waals surface area contributed by atoms with Crippen molar-refractivity contribution >= 4 is 48.6 Å². The van der Waals surface area contributed by atoms with E-state index in [1.807, 2.05) is 70.3 Å². The Labute approximate surface area is 259 Å². The van der Waals surface area contributed by atoms with Crippen LogP contribution in [0.25, 0.3) is 11.1 Å². The fourth-order valence-corrected chi connectivity index (χ4v) is 5.24. The van der Waals surface area contributed by atoms with Crippen LogP contribution >= 0.6 is 11.8 Å². The molecule has 10 heteroatoms. The molecule has 1 aliphatic rings. The molecule has 2 amide bonds. The topological polar surface area (TPSA) is 114 Å². The van der Waals surface area contributed by atoms with Crippen LogP contribution < -0.4 is 10.6 Å². The summed E-state index contributed by atoms with van der Waals surface area (Å²) < 4.78 is 11.6. The molecule has 3 rings (SSSR count). The zero-order valence-electron chi connectivity index (χ0n) is 24.1. The summed E-state index contributed by atoms with van der Waals surface area (Å²) in [6.45, 7) is 7.92. The van der Waals surface area contributed by atoms with Crippen molar-refractivity contribution in [3.63, 3.8) is 0 Å². The number of ether oxygens (including phenoxy) is 2. The van der Waals surface area contributed by atoms with E-state index in [1.165, 1.54) is 0 Å². The summed E-state index contributed by atoms with van der Waals surface area (Å²) in [7, 11) is 0. The van der Waals surface area contributed by atoms with Crippen LogP contribution in [-0.4, -0.2) is 77.7 Å². The fourth-order valence-electron chi connectivity index (χ4n) is 4.77. The maximum absolute atomic E-state index is 13.3. The third kappa shape index (κ3) is 11.0. The standard InChI is InChI=1S/C31H42N2O6S.Li.H/c1-20-8-6-7-9-24(20)26-18-21(10-15-25(26)28(34)33-27(29(35)36)16-17-40-5)19-38-23-13-11-22(12-14-23)32-30(37)39-31(2,3)4;;/h6-10,15,18,22-23,27H,11-14,16-17,19H2,1-5H3,(H,32,37)(H,33,34)(H,35,36);;. The maximum atomic E-state index is 13.3. The molecule has 0 heterocycles. The molecule has 0 aromatic heterocycles. The monoisotopic (exact) mass is 578 g/mol. The third-order valence-electron chi connectivity index (χ3n) is 6.86. The van der Waals surface area contributed by atoms with Crippen LogP contribution in [0, 0.1) is 6.92 Å². The minimum atomic E-state index is -1.04. The van der Waals surface area contributed by atoms with Crippen LogP contribution in [0.5, 0.6) is 0 Å². The number of thioether (sulfide) groups is 1. The summed E-state index contributed by atoms with van der Waals surface area (Å²) in [5, 5.41) is 15.3. The van der Waals surface area contributed by atoms with Crippen LogP contribution in [0.2, 0.25) is 0 Å². The second-order valence-electron chi connectivity index (χ2n) is 11.3. The van der Waals surface area contributed by atoms with Crippen molar-refractivity contribution in [2.75, 3.05) is 12.0 Å². The van der Waals surface area contributed by atoms with E-state index in [1.54, 1.807) is 17.8 Å². The zero-order valence-corrected chi connectivity index (χ0v) is 24.9. The van der Waals surface area contributed by atoms with Crippen molar-refractivity contribution in [2.24, 2.45) is 0 Å². The third-order valence-corrected chi connectivity index (χ3v) is 7.50.